The third kappa shape index (κ3) is 4.87. The van der Waals surface area contributed by atoms with Crippen molar-refractivity contribution in [2.24, 2.45) is 0 Å². The van der Waals surface area contributed by atoms with Gasteiger partial charge >= 0.3 is 0 Å². The quantitative estimate of drug-likeness (QED) is 0.644. The molecule has 0 N–H and O–H groups in total. The Balaban J connectivity index is 1.98. The van der Waals surface area contributed by atoms with Crippen molar-refractivity contribution in [3.05, 3.63) is 46.9 Å². The second-order valence-corrected chi connectivity index (χ2v) is 8.05. The lowest BCUT2D eigenvalue weighted by atomic mass is 10.3. The highest BCUT2D eigenvalue weighted by Crippen LogP contribution is 2.28. The lowest BCUT2D eigenvalue weighted by molar-refractivity contribution is 0.286. The van der Waals surface area contributed by atoms with Crippen LogP contribution in [0.3, 0.4) is 0 Å². The molecule has 0 saturated carbocycles. The minimum atomic E-state index is -3.60. The minimum absolute atomic E-state index is 0.187. The van der Waals surface area contributed by atoms with Crippen molar-refractivity contribution in [1.29, 1.82) is 0 Å². The highest BCUT2D eigenvalue weighted by Gasteiger charge is 2.21. The molecule has 0 aliphatic heterocycles. The first-order valence-corrected chi connectivity index (χ1v) is 9.68. The molecule has 2 aromatic rings. The van der Waals surface area contributed by atoms with E-state index < -0.39 is 10.0 Å². The average Bonchev–Trinajstić information content (AvgIpc) is 2.62. The van der Waals surface area contributed by atoms with Crippen molar-refractivity contribution in [2.75, 3.05) is 34.4 Å². The van der Waals surface area contributed by atoms with E-state index in [-0.39, 0.29) is 18.0 Å². The summed E-state index contributed by atoms with van der Waals surface area (Å²) in [4.78, 5) is 0.187. The first-order valence-electron chi connectivity index (χ1n) is 7.45. The Morgan fingerprint density at radius 1 is 1.00 bits per heavy atom. The molecule has 0 bridgehead atoms. The Hall–Kier alpha value is -1.77. The number of halogens is 1. The molecule has 2 rings (SSSR count). The molecule has 0 heterocycles. The maximum atomic E-state index is 12.6. The Kier molecular flexibility index (Phi) is 6.69. The van der Waals surface area contributed by atoms with E-state index in [4.69, 9.17) is 14.2 Å². The number of hydrogen-bond acceptors (Lipinski definition) is 5. The molecule has 0 saturated heterocycles. The number of likely N-dealkylation sites (N-methyl/N-ethyl adjacent to an activating group) is 1. The molecule has 0 aliphatic carbocycles. The topological polar surface area (TPSA) is 65.1 Å². The second-order valence-electron chi connectivity index (χ2n) is 5.15. The normalized spacial score (nSPS) is 11.4. The molecule has 136 valence electrons. The van der Waals surface area contributed by atoms with Gasteiger partial charge in [-0.3, -0.25) is 0 Å². The van der Waals surface area contributed by atoms with Crippen LogP contribution in [0.5, 0.6) is 17.2 Å². The molecular weight excluding hydrogens is 410 g/mol. The number of nitrogens with zero attached hydrogens (tertiary/aromatic N) is 1. The van der Waals surface area contributed by atoms with Gasteiger partial charge in [-0.15, -0.1) is 0 Å². The Bertz CT molecular complexity index is 808. The number of ether oxygens (including phenoxy) is 3. The van der Waals surface area contributed by atoms with Crippen molar-refractivity contribution >= 4 is 26.0 Å². The lowest BCUT2D eigenvalue weighted by Gasteiger charge is -2.18. The van der Waals surface area contributed by atoms with Crippen LogP contribution in [0.1, 0.15) is 0 Å². The van der Waals surface area contributed by atoms with E-state index in [9.17, 15) is 8.42 Å². The molecule has 0 amide bonds. The van der Waals surface area contributed by atoms with Gasteiger partial charge in [0.2, 0.25) is 10.0 Å². The zero-order valence-corrected chi connectivity index (χ0v) is 16.6. The molecule has 6 nitrogen and oxygen atoms in total. The molecule has 2 aromatic carbocycles. The fraction of sp³-hybridized carbons (Fsp3) is 0.294. The van der Waals surface area contributed by atoms with E-state index in [0.717, 1.165) is 5.75 Å². The zero-order valence-electron chi connectivity index (χ0n) is 14.2. The van der Waals surface area contributed by atoms with Crippen LogP contribution in [0.2, 0.25) is 0 Å². The number of rotatable bonds is 8. The van der Waals surface area contributed by atoms with E-state index in [1.165, 1.54) is 30.6 Å². The molecule has 0 radical (unpaired) electrons. The standard InChI is InChI=1S/C17H20BrNO5S/c1-19(10-11-24-14-6-4-13(22-2)5-7-14)25(20,21)15-8-9-17(23-3)16(18)12-15/h4-9,12H,10-11H2,1-3H3. The van der Waals surface area contributed by atoms with Gasteiger partial charge < -0.3 is 14.2 Å². The number of hydrogen-bond donors (Lipinski definition) is 0. The van der Waals surface area contributed by atoms with Crippen molar-refractivity contribution < 1.29 is 22.6 Å². The molecule has 0 unspecified atom stereocenters. The molecular formula is C17H20BrNO5S. The van der Waals surface area contributed by atoms with Crippen molar-refractivity contribution in [2.45, 2.75) is 4.90 Å². The predicted molar refractivity (Wildman–Crippen MR) is 99.0 cm³/mol. The fourth-order valence-corrected chi connectivity index (χ4v) is 3.95. The van der Waals surface area contributed by atoms with E-state index in [1.54, 1.807) is 37.4 Å². The van der Waals surface area contributed by atoms with Crippen molar-refractivity contribution in [1.82, 2.24) is 4.31 Å². The zero-order chi connectivity index (χ0) is 18.4. The van der Waals surface area contributed by atoms with Crippen molar-refractivity contribution in [3.63, 3.8) is 0 Å². The van der Waals surface area contributed by atoms with Gasteiger partial charge in [-0.25, -0.2) is 8.42 Å². The maximum Gasteiger partial charge on any atom is 0.242 e. The van der Waals surface area contributed by atoms with Crippen molar-refractivity contribution in [3.8, 4) is 17.2 Å². The summed E-state index contributed by atoms with van der Waals surface area (Å²) >= 11 is 3.30. The van der Waals surface area contributed by atoms with Crippen LogP contribution in [0.25, 0.3) is 0 Å². The minimum Gasteiger partial charge on any atom is -0.497 e. The van der Waals surface area contributed by atoms with Gasteiger partial charge in [0.1, 0.15) is 23.9 Å². The summed E-state index contributed by atoms with van der Waals surface area (Å²) in [6.45, 7) is 0.456. The molecule has 0 aliphatic rings. The van der Waals surface area contributed by atoms with Gasteiger partial charge in [-0.1, -0.05) is 0 Å². The van der Waals surface area contributed by atoms with Gasteiger partial charge in [0.05, 0.1) is 23.6 Å². The van der Waals surface area contributed by atoms with Crippen LogP contribution in [-0.4, -0.2) is 47.1 Å². The summed E-state index contributed by atoms with van der Waals surface area (Å²) < 4.78 is 42.8. The predicted octanol–water partition coefficient (Wildman–Crippen LogP) is 3.17. The summed E-state index contributed by atoms with van der Waals surface area (Å²) in [6, 6.07) is 11.8. The Morgan fingerprint density at radius 3 is 2.20 bits per heavy atom. The summed E-state index contributed by atoms with van der Waals surface area (Å²) in [5.41, 5.74) is 0. The molecule has 25 heavy (non-hydrogen) atoms. The van der Waals surface area contributed by atoms with E-state index >= 15 is 0 Å². The van der Waals surface area contributed by atoms with Gasteiger partial charge in [0.25, 0.3) is 0 Å². The van der Waals surface area contributed by atoms with Crippen LogP contribution in [0.4, 0.5) is 0 Å². The van der Waals surface area contributed by atoms with Crippen LogP contribution in [-0.2, 0) is 10.0 Å². The highest BCUT2D eigenvalue weighted by molar-refractivity contribution is 9.10. The Labute approximate surface area is 156 Å². The second kappa shape index (κ2) is 8.55. The summed E-state index contributed by atoms with van der Waals surface area (Å²) in [5.74, 6) is 1.96. The summed E-state index contributed by atoms with van der Waals surface area (Å²) in [5, 5.41) is 0. The largest absolute Gasteiger partial charge is 0.497 e. The Morgan fingerprint density at radius 2 is 1.64 bits per heavy atom. The highest BCUT2D eigenvalue weighted by atomic mass is 79.9. The van der Waals surface area contributed by atoms with Crippen LogP contribution in [0.15, 0.2) is 51.8 Å². The monoisotopic (exact) mass is 429 g/mol. The van der Waals surface area contributed by atoms with E-state index in [0.29, 0.717) is 16.0 Å². The van der Waals surface area contributed by atoms with Crippen LogP contribution >= 0.6 is 15.9 Å². The summed E-state index contributed by atoms with van der Waals surface area (Å²) in [7, 11) is 1.03. The number of sulfonamides is 1. The first kappa shape index (κ1) is 19.6. The number of benzene rings is 2. The van der Waals surface area contributed by atoms with Gasteiger partial charge in [-0.05, 0) is 58.4 Å². The maximum absolute atomic E-state index is 12.6. The van der Waals surface area contributed by atoms with E-state index in [2.05, 4.69) is 15.9 Å². The van der Waals surface area contributed by atoms with Gasteiger partial charge in [0, 0.05) is 13.6 Å². The molecule has 0 fully saturated rings. The third-order valence-corrected chi connectivity index (χ3v) is 6.04. The molecule has 0 aromatic heterocycles. The SMILES string of the molecule is COc1ccc(OCCN(C)S(=O)(=O)c2ccc(OC)c(Br)c2)cc1. The van der Waals surface area contributed by atoms with E-state index in [1.807, 2.05) is 0 Å². The first-order chi connectivity index (χ1) is 11.9. The third-order valence-electron chi connectivity index (χ3n) is 3.57. The summed E-state index contributed by atoms with van der Waals surface area (Å²) in [6.07, 6.45) is 0. The smallest absolute Gasteiger partial charge is 0.242 e. The molecule has 0 spiro atoms. The van der Waals surface area contributed by atoms with Gasteiger partial charge in [0.15, 0.2) is 0 Å². The number of methoxy groups -OCH3 is 2. The van der Waals surface area contributed by atoms with Crippen LogP contribution < -0.4 is 14.2 Å². The van der Waals surface area contributed by atoms with Crippen LogP contribution in [0, 0.1) is 0 Å². The van der Waals surface area contributed by atoms with Gasteiger partial charge in [-0.2, -0.15) is 4.31 Å². The molecule has 8 heteroatoms. The molecule has 0 atom stereocenters. The average molecular weight is 430 g/mol. The lowest BCUT2D eigenvalue weighted by Crippen LogP contribution is -2.31. The fourth-order valence-electron chi connectivity index (χ4n) is 2.07.